The van der Waals surface area contributed by atoms with Crippen molar-refractivity contribution in [2.75, 3.05) is 0 Å². The lowest BCUT2D eigenvalue weighted by atomic mass is 9.67. The van der Waals surface area contributed by atoms with Gasteiger partial charge < -0.3 is 0 Å². The molecule has 7 rings (SSSR count). The Balaban J connectivity index is 1.65. The van der Waals surface area contributed by atoms with Crippen LogP contribution in [0.3, 0.4) is 0 Å². The number of halogens is 4. The minimum Gasteiger partial charge on any atom is -0.0622 e. The second-order valence-corrected chi connectivity index (χ2v) is 14.4. The van der Waals surface area contributed by atoms with Gasteiger partial charge in [-0.25, -0.2) is 0 Å². The summed E-state index contributed by atoms with van der Waals surface area (Å²) in [5.41, 5.74) is 13.1. The second kappa shape index (κ2) is 11.1. The van der Waals surface area contributed by atoms with Crippen LogP contribution in [0.4, 0.5) is 0 Å². The third-order valence-corrected chi connectivity index (χ3v) is 10.0. The van der Waals surface area contributed by atoms with Crippen molar-refractivity contribution in [3.63, 3.8) is 0 Å². The van der Waals surface area contributed by atoms with Gasteiger partial charge in [0.15, 0.2) is 0 Å². The molecular weight excluding hydrogens is 776 g/mol. The van der Waals surface area contributed by atoms with E-state index < -0.39 is 5.41 Å². The van der Waals surface area contributed by atoms with Crippen LogP contribution in [0.1, 0.15) is 27.8 Å². The summed E-state index contributed by atoms with van der Waals surface area (Å²) in [5.74, 6) is 0. The zero-order chi connectivity index (χ0) is 29.0. The lowest BCUT2D eigenvalue weighted by Gasteiger charge is -2.34. The van der Waals surface area contributed by atoms with Gasteiger partial charge in [-0.15, -0.1) is 0 Å². The zero-order valence-electron chi connectivity index (χ0n) is 22.6. The molecule has 0 radical (unpaired) electrons. The standard InChI is InChI=1S/C38H24Br4/c1-23-14-15-35-34(16-23)37-33(32-11-6-5-10-31(32)24-8-3-2-4-9-24)12-7-13-36(37)38(35,25-17-27(39)21-28(40)18-25)26-19-29(41)22-30(42)20-26/h2-22H,1H3. The minimum absolute atomic E-state index is 0.547. The fourth-order valence-corrected chi connectivity index (χ4v) is 9.22. The number of aryl methyl sites for hydroxylation is 1. The molecule has 0 aromatic heterocycles. The normalized spacial score (nSPS) is 13.1. The van der Waals surface area contributed by atoms with Gasteiger partial charge in [0, 0.05) is 17.9 Å². The van der Waals surface area contributed by atoms with E-state index in [0.29, 0.717) is 0 Å². The molecule has 0 fully saturated rings. The van der Waals surface area contributed by atoms with Gasteiger partial charge in [0.2, 0.25) is 0 Å². The molecule has 6 aromatic rings. The average molecular weight is 800 g/mol. The van der Waals surface area contributed by atoms with E-state index in [0.717, 1.165) is 17.9 Å². The lowest BCUT2D eigenvalue weighted by Crippen LogP contribution is -2.29. The highest BCUT2D eigenvalue weighted by Gasteiger charge is 2.47. The van der Waals surface area contributed by atoms with Gasteiger partial charge in [-0.3, -0.25) is 0 Å². The van der Waals surface area contributed by atoms with Crippen LogP contribution in [0.15, 0.2) is 145 Å². The summed E-state index contributed by atoms with van der Waals surface area (Å²) in [4.78, 5) is 0. The third kappa shape index (κ3) is 4.59. The van der Waals surface area contributed by atoms with Crippen molar-refractivity contribution in [1.82, 2.24) is 0 Å². The molecule has 0 nitrogen and oxygen atoms in total. The van der Waals surface area contributed by atoms with Crippen molar-refractivity contribution in [3.8, 4) is 33.4 Å². The van der Waals surface area contributed by atoms with E-state index >= 15 is 0 Å². The molecule has 0 N–H and O–H groups in total. The summed E-state index contributed by atoms with van der Waals surface area (Å²) in [5, 5.41) is 0. The Bertz CT molecular complexity index is 1900. The molecule has 0 atom stereocenters. The Hall–Kier alpha value is -2.76. The van der Waals surface area contributed by atoms with Gasteiger partial charge in [-0.05, 0) is 99.0 Å². The Morgan fingerprint density at radius 1 is 0.429 bits per heavy atom. The Morgan fingerprint density at radius 3 is 1.60 bits per heavy atom. The number of hydrogen-bond acceptors (Lipinski definition) is 0. The first-order chi connectivity index (χ1) is 20.4. The number of fused-ring (bicyclic) bond motifs is 3. The van der Waals surface area contributed by atoms with E-state index in [4.69, 9.17) is 0 Å². The highest BCUT2D eigenvalue weighted by molar-refractivity contribution is 9.11. The van der Waals surface area contributed by atoms with Gasteiger partial charge >= 0.3 is 0 Å². The highest BCUT2D eigenvalue weighted by atomic mass is 79.9. The van der Waals surface area contributed by atoms with Crippen molar-refractivity contribution in [2.45, 2.75) is 12.3 Å². The molecule has 0 saturated heterocycles. The number of rotatable bonds is 4. The molecule has 0 heterocycles. The largest absolute Gasteiger partial charge is 0.0715 e. The topological polar surface area (TPSA) is 0 Å². The molecule has 0 aliphatic heterocycles. The Labute approximate surface area is 280 Å². The summed E-state index contributed by atoms with van der Waals surface area (Å²) >= 11 is 15.3. The average Bonchev–Trinajstić information content (AvgIpc) is 3.27. The SMILES string of the molecule is Cc1ccc2c(c1)-c1c(-c3ccccc3-c3ccccc3)cccc1C2(c1cc(Br)cc(Br)c1)c1cc(Br)cc(Br)c1. The molecule has 6 aromatic carbocycles. The van der Waals surface area contributed by atoms with Gasteiger partial charge in [-0.1, -0.05) is 160 Å². The first kappa shape index (κ1) is 28.0. The van der Waals surface area contributed by atoms with Crippen LogP contribution in [-0.2, 0) is 5.41 Å². The van der Waals surface area contributed by atoms with Gasteiger partial charge in [0.1, 0.15) is 0 Å². The van der Waals surface area contributed by atoms with E-state index in [-0.39, 0.29) is 0 Å². The van der Waals surface area contributed by atoms with E-state index in [1.165, 1.54) is 61.2 Å². The maximum Gasteiger partial charge on any atom is 0.0715 e. The van der Waals surface area contributed by atoms with Crippen LogP contribution in [0.5, 0.6) is 0 Å². The molecule has 0 bridgehead atoms. The fraction of sp³-hybridized carbons (Fsp3) is 0.0526. The maximum absolute atomic E-state index is 3.82. The monoisotopic (exact) mass is 796 g/mol. The molecule has 1 aliphatic carbocycles. The van der Waals surface area contributed by atoms with Crippen LogP contribution in [0.25, 0.3) is 33.4 Å². The maximum atomic E-state index is 3.82. The molecule has 42 heavy (non-hydrogen) atoms. The summed E-state index contributed by atoms with van der Waals surface area (Å²) in [6.45, 7) is 2.19. The lowest BCUT2D eigenvalue weighted by molar-refractivity contribution is 0.765. The third-order valence-electron chi connectivity index (χ3n) is 8.21. The smallest absolute Gasteiger partial charge is 0.0622 e. The predicted molar refractivity (Wildman–Crippen MR) is 190 cm³/mol. The second-order valence-electron chi connectivity index (χ2n) is 10.8. The summed E-state index contributed by atoms with van der Waals surface area (Å²) in [6, 6.07) is 46.5. The first-order valence-corrected chi connectivity index (χ1v) is 16.9. The van der Waals surface area contributed by atoms with Gasteiger partial charge in [0.25, 0.3) is 0 Å². The van der Waals surface area contributed by atoms with Gasteiger partial charge in [-0.2, -0.15) is 0 Å². The van der Waals surface area contributed by atoms with E-state index in [2.05, 4.69) is 198 Å². The fourth-order valence-electron chi connectivity index (χ4n) is 6.63. The van der Waals surface area contributed by atoms with Crippen LogP contribution in [0.2, 0.25) is 0 Å². The number of benzene rings is 6. The van der Waals surface area contributed by atoms with Crippen molar-refractivity contribution in [2.24, 2.45) is 0 Å². The molecule has 4 heteroatoms. The summed E-state index contributed by atoms with van der Waals surface area (Å²) in [6.07, 6.45) is 0. The van der Waals surface area contributed by atoms with E-state index in [9.17, 15) is 0 Å². The Morgan fingerprint density at radius 2 is 0.976 bits per heavy atom. The van der Waals surface area contributed by atoms with Crippen LogP contribution in [-0.4, -0.2) is 0 Å². The highest BCUT2D eigenvalue weighted by Crippen LogP contribution is 2.59. The Kier molecular flexibility index (Phi) is 7.38. The van der Waals surface area contributed by atoms with Crippen molar-refractivity contribution in [3.05, 3.63) is 173 Å². The molecule has 0 saturated carbocycles. The van der Waals surface area contributed by atoms with Crippen LogP contribution >= 0.6 is 63.7 Å². The minimum atomic E-state index is -0.547. The number of hydrogen-bond donors (Lipinski definition) is 0. The molecule has 0 unspecified atom stereocenters. The summed E-state index contributed by atoms with van der Waals surface area (Å²) < 4.78 is 4.14. The molecule has 1 aliphatic rings. The molecule has 0 spiro atoms. The molecular formula is C38H24Br4. The van der Waals surface area contributed by atoms with E-state index in [1.807, 2.05) is 0 Å². The van der Waals surface area contributed by atoms with Crippen molar-refractivity contribution >= 4 is 63.7 Å². The van der Waals surface area contributed by atoms with Crippen LogP contribution < -0.4 is 0 Å². The molecule has 0 amide bonds. The molecule has 204 valence electrons. The first-order valence-electron chi connectivity index (χ1n) is 13.7. The van der Waals surface area contributed by atoms with Crippen LogP contribution in [0, 0.1) is 6.92 Å². The predicted octanol–water partition coefficient (Wildman–Crippen LogP) is 12.7. The summed E-state index contributed by atoms with van der Waals surface area (Å²) in [7, 11) is 0. The zero-order valence-corrected chi connectivity index (χ0v) is 29.0. The van der Waals surface area contributed by atoms with Crippen molar-refractivity contribution in [1.29, 1.82) is 0 Å². The van der Waals surface area contributed by atoms with Crippen molar-refractivity contribution < 1.29 is 0 Å². The van der Waals surface area contributed by atoms with E-state index in [1.54, 1.807) is 0 Å². The van der Waals surface area contributed by atoms with Gasteiger partial charge in [0.05, 0.1) is 5.41 Å². The quantitative estimate of drug-likeness (QED) is 0.166.